The van der Waals surface area contributed by atoms with Crippen LogP contribution in [0.2, 0.25) is 0 Å². The third-order valence-electron chi connectivity index (χ3n) is 6.50. The fourth-order valence-corrected chi connectivity index (χ4v) is 4.20. The quantitative estimate of drug-likeness (QED) is 0.725. The summed E-state index contributed by atoms with van der Waals surface area (Å²) in [5.74, 6) is 1.57. The fraction of sp³-hybridized carbons (Fsp3) is 0.720. The molecule has 2 N–H and O–H groups in total. The number of hydrogen-bond donors (Lipinski definition) is 1. The van der Waals surface area contributed by atoms with E-state index in [2.05, 4.69) is 66.8 Å². The van der Waals surface area contributed by atoms with Crippen molar-refractivity contribution in [1.29, 1.82) is 0 Å². The summed E-state index contributed by atoms with van der Waals surface area (Å²) in [6, 6.07) is 11.8. The number of nitrogens with two attached hydrogens (primary N) is 1. The second kappa shape index (κ2) is 13.1. The number of piperidine rings is 2. The molecule has 0 spiro atoms. The third-order valence-corrected chi connectivity index (χ3v) is 6.50. The Hall–Kier alpha value is -1.23. The number of hydrogen-bond acceptors (Lipinski definition) is 4. The first-order chi connectivity index (χ1) is 14.0. The number of rotatable bonds is 6. The van der Waals surface area contributed by atoms with Gasteiger partial charge in [0.15, 0.2) is 0 Å². The summed E-state index contributed by atoms with van der Waals surface area (Å²) >= 11 is 0. The predicted octanol–water partition coefficient (Wildman–Crippen LogP) is 4.29. The molecule has 0 aromatic heterocycles. The van der Waals surface area contributed by atoms with Crippen LogP contribution in [0.1, 0.15) is 58.9 Å². The van der Waals surface area contributed by atoms with E-state index in [1.807, 2.05) is 12.3 Å². The average molecular weight is 401 g/mol. The van der Waals surface area contributed by atoms with Crippen molar-refractivity contribution in [3.63, 3.8) is 0 Å². The number of aliphatic imine (C=N–C) groups is 1. The van der Waals surface area contributed by atoms with Gasteiger partial charge in [0.2, 0.25) is 0 Å². The normalized spacial score (nSPS) is 20.4. The molecule has 0 unspecified atom stereocenters. The number of benzene rings is 1. The van der Waals surface area contributed by atoms with E-state index in [-0.39, 0.29) is 0 Å². The van der Waals surface area contributed by atoms with Crippen LogP contribution in [0, 0.1) is 11.8 Å². The SMILES string of the molecule is CC(C)N1CCC(CN)CC1.CC(C)N1CCC(CN=Cc2ccccc2)CC1. The van der Waals surface area contributed by atoms with Crippen LogP contribution in [0.5, 0.6) is 0 Å². The van der Waals surface area contributed by atoms with E-state index in [0.29, 0.717) is 12.1 Å². The van der Waals surface area contributed by atoms with Crippen LogP contribution in [-0.4, -0.2) is 67.4 Å². The molecule has 1 aromatic rings. The average Bonchev–Trinajstić information content (AvgIpc) is 2.75. The Labute approximate surface area is 179 Å². The molecule has 29 heavy (non-hydrogen) atoms. The highest BCUT2D eigenvalue weighted by Crippen LogP contribution is 2.19. The molecule has 4 nitrogen and oxygen atoms in total. The van der Waals surface area contributed by atoms with Gasteiger partial charge >= 0.3 is 0 Å². The van der Waals surface area contributed by atoms with Crippen molar-refractivity contribution in [2.75, 3.05) is 39.3 Å². The minimum atomic E-state index is 0.693. The van der Waals surface area contributed by atoms with Crippen molar-refractivity contribution in [3.8, 4) is 0 Å². The molecule has 164 valence electrons. The summed E-state index contributed by atoms with van der Waals surface area (Å²) in [7, 11) is 0. The van der Waals surface area contributed by atoms with E-state index in [1.165, 1.54) is 57.4 Å². The first-order valence-corrected chi connectivity index (χ1v) is 11.7. The van der Waals surface area contributed by atoms with Crippen molar-refractivity contribution < 1.29 is 0 Å². The highest BCUT2D eigenvalue weighted by atomic mass is 15.2. The van der Waals surface area contributed by atoms with Gasteiger partial charge in [-0.3, -0.25) is 4.99 Å². The molecule has 2 heterocycles. The van der Waals surface area contributed by atoms with E-state index in [0.717, 1.165) is 24.9 Å². The lowest BCUT2D eigenvalue weighted by Gasteiger charge is -2.34. The summed E-state index contributed by atoms with van der Waals surface area (Å²) in [5, 5.41) is 0. The van der Waals surface area contributed by atoms with Crippen LogP contribution in [0.25, 0.3) is 0 Å². The zero-order valence-electron chi connectivity index (χ0n) is 19.3. The lowest BCUT2D eigenvalue weighted by molar-refractivity contribution is 0.152. The predicted molar refractivity (Wildman–Crippen MR) is 127 cm³/mol. The minimum absolute atomic E-state index is 0.693. The molecule has 0 atom stereocenters. The maximum atomic E-state index is 5.61. The van der Waals surface area contributed by atoms with Crippen molar-refractivity contribution in [1.82, 2.24) is 9.80 Å². The summed E-state index contributed by atoms with van der Waals surface area (Å²) in [4.78, 5) is 9.69. The monoisotopic (exact) mass is 400 g/mol. The zero-order valence-corrected chi connectivity index (χ0v) is 19.3. The minimum Gasteiger partial charge on any atom is -0.330 e. The molecule has 0 radical (unpaired) electrons. The first kappa shape index (κ1) is 24.0. The van der Waals surface area contributed by atoms with Crippen LogP contribution in [0.3, 0.4) is 0 Å². The molecule has 2 saturated heterocycles. The van der Waals surface area contributed by atoms with Gasteiger partial charge < -0.3 is 15.5 Å². The van der Waals surface area contributed by atoms with Crippen LogP contribution >= 0.6 is 0 Å². The highest BCUT2D eigenvalue weighted by Gasteiger charge is 2.20. The van der Waals surface area contributed by atoms with Gasteiger partial charge in [-0.05, 0) is 104 Å². The topological polar surface area (TPSA) is 44.9 Å². The summed E-state index contributed by atoms with van der Waals surface area (Å²) in [6.07, 6.45) is 7.20. The van der Waals surface area contributed by atoms with Crippen LogP contribution in [0.15, 0.2) is 35.3 Å². The molecule has 2 fully saturated rings. The Balaban J connectivity index is 0.000000234. The molecule has 0 amide bonds. The Morgan fingerprint density at radius 3 is 1.79 bits per heavy atom. The van der Waals surface area contributed by atoms with E-state index in [9.17, 15) is 0 Å². The molecule has 4 heteroatoms. The van der Waals surface area contributed by atoms with Crippen molar-refractivity contribution in [2.24, 2.45) is 22.6 Å². The van der Waals surface area contributed by atoms with Gasteiger partial charge in [-0.2, -0.15) is 0 Å². The summed E-state index contributed by atoms with van der Waals surface area (Å²) in [6.45, 7) is 15.9. The van der Waals surface area contributed by atoms with Crippen LogP contribution in [0.4, 0.5) is 0 Å². The molecule has 3 rings (SSSR count). The van der Waals surface area contributed by atoms with Crippen LogP contribution in [-0.2, 0) is 0 Å². The van der Waals surface area contributed by atoms with E-state index in [4.69, 9.17) is 5.73 Å². The molecule has 1 aromatic carbocycles. The van der Waals surface area contributed by atoms with Crippen LogP contribution < -0.4 is 5.73 Å². The fourth-order valence-electron chi connectivity index (χ4n) is 4.20. The van der Waals surface area contributed by atoms with Gasteiger partial charge in [-0.25, -0.2) is 0 Å². The smallest absolute Gasteiger partial charge is 0.0418 e. The Kier molecular flexibility index (Phi) is 10.9. The zero-order chi connectivity index (χ0) is 21.1. The van der Waals surface area contributed by atoms with Gasteiger partial charge in [0, 0.05) is 24.8 Å². The van der Waals surface area contributed by atoms with Gasteiger partial charge in [0.25, 0.3) is 0 Å². The maximum Gasteiger partial charge on any atom is 0.0418 e. The maximum absolute atomic E-state index is 5.61. The standard InChI is InChI=1S/C16H24N2.C9H20N2/c1-14(2)18-10-8-16(9-11-18)13-17-12-15-6-4-3-5-7-15;1-8(2)11-5-3-9(7-10)4-6-11/h3-7,12,14,16H,8-11,13H2,1-2H3;8-9H,3-7,10H2,1-2H3. The largest absolute Gasteiger partial charge is 0.330 e. The molecule has 2 aliphatic rings. The van der Waals surface area contributed by atoms with Crippen molar-refractivity contribution >= 4 is 6.21 Å². The van der Waals surface area contributed by atoms with E-state index < -0.39 is 0 Å². The van der Waals surface area contributed by atoms with Gasteiger partial charge in [0.1, 0.15) is 0 Å². The molecular weight excluding hydrogens is 356 g/mol. The Morgan fingerprint density at radius 1 is 0.862 bits per heavy atom. The van der Waals surface area contributed by atoms with Gasteiger partial charge in [-0.1, -0.05) is 30.3 Å². The first-order valence-electron chi connectivity index (χ1n) is 11.7. The van der Waals surface area contributed by atoms with Crippen molar-refractivity contribution in [3.05, 3.63) is 35.9 Å². The summed E-state index contributed by atoms with van der Waals surface area (Å²) < 4.78 is 0. The Morgan fingerprint density at radius 2 is 1.34 bits per heavy atom. The molecule has 2 aliphatic heterocycles. The second-order valence-corrected chi connectivity index (χ2v) is 9.29. The molecule has 0 aliphatic carbocycles. The van der Waals surface area contributed by atoms with Gasteiger partial charge in [-0.15, -0.1) is 0 Å². The second-order valence-electron chi connectivity index (χ2n) is 9.29. The van der Waals surface area contributed by atoms with E-state index in [1.54, 1.807) is 0 Å². The third kappa shape index (κ3) is 8.98. The summed E-state index contributed by atoms with van der Waals surface area (Å²) in [5.41, 5.74) is 6.81. The highest BCUT2D eigenvalue weighted by molar-refractivity contribution is 5.79. The molecule has 0 bridgehead atoms. The lowest BCUT2D eigenvalue weighted by atomic mass is 9.96. The number of likely N-dealkylation sites (tertiary alicyclic amines) is 2. The number of nitrogens with zero attached hydrogens (tertiary/aromatic N) is 3. The van der Waals surface area contributed by atoms with Gasteiger partial charge in [0.05, 0.1) is 0 Å². The molecule has 0 saturated carbocycles. The van der Waals surface area contributed by atoms with Crippen molar-refractivity contribution in [2.45, 2.75) is 65.5 Å². The Bertz CT molecular complexity index is 553. The lowest BCUT2D eigenvalue weighted by Crippen LogP contribution is -2.40. The molecular formula is C25H44N4. The van der Waals surface area contributed by atoms with E-state index >= 15 is 0 Å².